The van der Waals surface area contributed by atoms with E-state index in [0.717, 1.165) is 72.4 Å². The summed E-state index contributed by atoms with van der Waals surface area (Å²) in [5.41, 5.74) is 13.8. The fraction of sp³-hybridized carbons (Fsp3) is 0. The molecule has 0 saturated carbocycles. The van der Waals surface area contributed by atoms with E-state index in [2.05, 4.69) is 163 Å². The molecule has 2 heterocycles. The SMILES string of the molecule is c1ccc(-c2ccc(N(c3ccc(-c4c5nc(-c6ccccc6)oc5cc5c4oc4ccccc45)cc3)c3ccccc3-c3cccc4ccccc34)cc2)cc1. The van der Waals surface area contributed by atoms with E-state index in [1.54, 1.807) is 0 Å². The van der Waals surface area contributed by atoms with Gasteiger partial charge in [0, 0.05) is 33.3 Å². The average Bonchev–Trinajstić information content (AvgIpc) is 3.88. The zero-order chi connectivity index (χ0) is 37.7. The molecular weight excluding hydrogens is 697 g/mol. The summed E-state index contributed by atoms with van der Waals surface area (Å²) in [5.74, 6) is 0.579. The Labute approximate surface area is 329 Å². The van der Waals surface area contributed by atoms with Gasteiger partial charge in [-0.2, -0.15) is 0 Å². The zero-order valence-corrected chi connectivity index (χ0v) is 30.8. The number of para-hydroxylation sites is 2. The van der Waals surface area contributed by atoms with Gasteiger partial charge in [0.1, 0.15) is 16.7 Å². The van der Waals surface area contributed by atoms with Gasteiger partial charge in [0.15, 0.2) is 5.58 Å². The van der Waals surface area contributed by atoms with E-state index in [-0.39, 0.29) is 0 Å². The van der Waals surface area contributed by atoms with Crippen molar-refractivity contribution in [2.75, 3.05) is 4.90 Å². The molecule has 0 aliphatic rings. The van der Waals surface area contributed by atoms with Crippen LogP contribution in [-0.4, -0.2) is 4.98 Å². The standard InChI is InChI=1S/C53H34N2O2/c1-3-14-35(15-4-1)36-26-30-40(31-27-36)55(47-24-11-9-21-44(47)43-23-13-19-37-16-7-8-20-42(37)43)41-32-28-38(29-33-41)50-51-49(57-53(54-51)39-17-5-2-6-18-39)34-46-45-22-10-12-25-48(45)56-52(46)50/h1-34H. The summed E-state index contributed by atoms with van der Waals surface area (Å²) in [5, 5.41) is 4.46. The van der Waals surface area contributed by atoms with E-state index in [1.807, 2.05) is 48.5 Å². The smallest absolute Gasteiger partial charge is 0.227 e. The van der Waals surface area contributed by atoms with Crippen LogP contribution in [0.15, 0.2) is 215 Å². The van der Waals surface area contributed by atoms with Gasteiger partial charge < -0.3 is 13.7 Å². The van der Waals surface area contributed by atoms with Gasteiger partial charge in [0.05, 0.1) is 11.3 Å². The van der Waals surface area contributed by atoms with Gasteiger partial charge in [0.25, 0.3) is 0 Å². The Morgan fingerprint density at radius 2 is 0.965 bits per heavy atom. The van der Waals surface area contributed by atoms with Crippen molar-refractivity contribution in [3.63, 3.8) is 0 Å². The first-order chi connectivity index (χ1) is 28.3. The summed E-state index contributed by atoms with van der Waals surface area (Å²) in [4.78, 5) is 7.46. The van der Waals surface area contributed by atoms with Crippen LogP contribution < -0.4 is 4.90 Å². The van der Waals surface area contributed by atoms with Gasteiger partial charge in [-0.05, 0) is 87.6 Å². The van der Waals surface area contributed by atoms with Crippen LogP contribution >= 0.6 is 0 Å². The van der Waals surface area contributed by atoms with Gasteiger partial charge in [-0.3, -0.25) is 0 Å². The molecule has 0 spiro atoms. The molecule has 57 heavy (non-hydrogen) atoms. The van der Waals surface area contributed by atoms with Gasteiger partial charge >= 0.3 is 0 Å². The van der Waals surface area contributed by atoms with Crippen molar-refractivity contribution in [1.82, 2.24) is 4.98 Å². The van der Waals surface area contributed by atoms with E-state index in [1.165, 1.54) is 27.5 Å². The lowest BCUT2D eigenvalue weighted by Crippen LogP contribution is -2.11. The summed E-state index contributed by atoms with van der Waals surface area (Å²) < 4.78 is 13.1. The van der Waals surface area contributed by atoms with E-state index < -0.39 is 0 Å². The fourth-order valence-corrected chi connectivity index (χ4v) is 8.21. The Hall–Kier alpha value is -7.69. The van der Waals surface area contributed by atoms with Crippen LogP contribution in [0.5, 0.6) is 0 Å². The first-order valence-corrected chi connectivity index (χ1v) is 19.2. The van der Waals surface area contributed by atoms with E-state index in [0.29, 0.717) is 5.89 Å². The monoisotopic (exact) mass is 730 g/mol. The normalized spacial score (nSPS) is 11.5. The van der Waals surface area contributed by atoms with E-state index in [4.69, 9.17) is 13.8 Å². The van der Waals surface area contributed by atoms with Crippen molar-refractivity contribution < 1.29 is 8.83 Å². The van der Waals surface area contributed by atoms with Crippen molar-refractivity contribution in [3.05, 3.63) is 206 Å². The van der Waals surface area contributed by atoms with Crippen molar-refractivity contribution in [3.8, 4) is 44.8 Å². The number of anilines is 3. The quantitative estimate of drug-likeness (QED) is 0.164. The molecule has 2 aromatic heterocycles. The number of fused-ring (bicyclic) bond motifs is 5. The third-order valence-corrected chi connectivity index (χ3v) is 10.9. The number of benzene rings is 9. The molecule has 0 aliphatic heterocycles. The van der Waals surface area contributed by atoms with Crippen LogP contribution in [0.3, 0.4) is 0 Å². The molecule has 4 heteroatoms. The molecule has 0 aliphatic carbocycles. The van der Waals surface area contributed by atoms with Gasteiger partial charge in [-0.15, -0.1) is 0 Å². The van der Waals surface area contributed by atoms with Crippen LogP contribution in [0.2, 0.25) is 0 Å². The van der Waals surface area contributed by atoms with E-state index >= 15 is 0 Å². The summed E-state index contributed by atoms with van der Waals surface area (Å²) in [6.45, 7) is 0. The number of oxazole rings is 1. The van der Waals surface area contributed by atoms with Crippen molar-refractivity contribution in [2.24, 2.45) is 0 Å². The molecule has 0 fully saturated rings. The Bertz CT molecular complexity index is 3210. The van der Waals surface area contributed by atoms with Gasteiger partial charge in [-0.25, -0.2) is 4.98 Å². The molecule has 0 bridgehead atoms. The molecule has 4 nitrogen and oxygen atoms in total. The molecule has 0 unspecified atom stereocenters. The maximum Gasteiger partial charge on any atom is 0.227 e. The predicted octanol–water partition coefficient (Wildman–Crippen LogP) is 15.0. The minimum Gasteiger partial charge on any atom is -0.455 e. The van der Waals surface area contributed by atoms with Crippen LogP contribution in [0, 0.1) is 0 Å². The third-order valence-electron chi connectivity index (χ3n) is 10.9. The second-order valence-electron chi connectivity index (χ2n) is 14.3. The van der Waals surface area contributed by atoms with Crippen LogP contribution in [0.1, 0.15) is 0 Å². The minimum atomic E-state index is 0.579. The van der Waals surface area contributed by atoms with Crippen molar-refractivity contribution in [2.45, 2.75) is 0 Å². The molecule has 0 amide bonds. The number of hydrogen-bond donors (Lipinski definition) is 0. The molecule has 11 aromatic rings. The highest BCUT2D eigenvalue weighted by molar-refractivity contribution is 6.17. The van der Waals surface area contributed by atoms with Gasteiger partial charge in [0.2, 0.25) is 5.89 Å². The van der Waals surface area contributed by atoms with Crippen LogP contribution in [0.25, 0.3) is 88.6 Å². The molecule has 9 aromatic carbocycles. The number of nitrogens with zero attached hydrogens (tertiary/aromatic N) is 2. The third kappa shape index (κ3) is 5.66. The minimum absolute atomic E-state index is 0.579. The lowest BCUT2D eigenvalue weighted by Gasteiger charge is -2.28. The van der Waals surface area contributed by atoms with Gasteiger partial charge in [-0.1, -0.05) is 152 Å². The largest absolute Gasteiger partial charge is 0.455 e. The number of furan rings is 1. The Morgan fingerprint density at radius 1 is 0.386 bits per heavy atom. The van der Waals surface area contributed by atoms with E-state index in [9.17, 15) is 0 Å². The summed E-state index contributed by atoms with van der Waals surface area (Å²) in [6, 6.07) is 72.3. The molecule has 11 rings (SSSR count). The molecule has 0 atom stereocenters. The highest BCUT2D eigenvalue weighted by Crippen LogP contribution is 2.46. The first kappa shape index (κ1) is 32.7. The Balaban J connectivity index is 1.10. The second-order valence-corrected chi connectivity index (χ2v) is 14.3. The Morgan fingerprint density at radius 3 is 1.74 bits per heavy atom. The number of hydrogen-bond acceptors (Lipinski definition) is 4. The fourth-order valence-electron chi connectivity index (χ4n) is 8.21. The summed E-state index contributed by atoms with van der Waals surface area (Å²) >= 11 is 0. The summed E-state index contributed by atoms with van der Waals surface area (Å²) in [7, 11) is 0. The second kappa shape index (κ2) is 13.6. The highest BCUT2D eigenvalue weighted by Gasteiger charge is 2.23. The molecule has 0 N–H and O–H groups in total. The highest BCUT2D eigenvalue weighted by atomic mass is 16.4. The lowest BCUT2D eigenvalue weighted by molar-refractivity contribution is 0.620. The number of rotatable bonds is 7. The van der Waals surface area contributed by atoms with Crippen molar-refractivity contribution in [1.29, 1.82) is 0 Å². The summed E-state index contributed by atoms with van der Waals surface area (Å²) in [6.07, 6.45) is 0. The topological polar surface area (TPSA) is 42.4 Å². The average molecular weight is 731 g/mol. The molecular formula is C53H34N2O2. The predicted molar refractivity (Wildman–Crippen MR) is 235 cm³/mol. The molecule has 0 saturated heterocycles. The number of aromatic nitrogens is 1. The van der Waals surface area contributed by atoms with Crippen LogP contribution in [-0.2, 0) is 0 Å². The van der Waals surface area contributed by atoms with Crippen molar-refractivity contribution >= 4 is 60.9 Å². The zero-order valence-electron chi connectivity index (χ0n) is 30.8. The lowest BCUT2D eigenvalue weighted by atomic mass is 9.95. The first-order valence-electron chi connectivity index (χ1n) is 19.2. The molecule has 0 radical (unpaired) electrons. The maximum atomic E-state index is 6.63. The van der Waals surface area contributed by atoms with Crippen LogP contribution in [0.4, 0.5) is 17.1 Å². The maximum absolute atomic E-state index is 6.63. The Kier molecular flexibility index (Phi) is 7.78. The molecule has 268 valence electrons.